The van der Waals surface area contributed by atoms with Crippen molar-refractivity contribution in [2.24, 2.45) is 5.92 Å². The monoisotopic (exact) mass is 608 g/mol. The lowest BCUT2D eigenvalue weighted by Gasteiger charge is -2.33. The number of benzene rings is 4. The molecule has 5 rings (SSSR count). The highest BCUT2D eigenvalue weighted by Crippen LogP contribution is 2.32. The van der Waals surface area contributed by atoms with Crippen LogP contribution in [0.3, 0.4) is 0 Å². The molecule has 1 aliphatic heterocycles. The molecule has 0 radical (unpaired) electrons. The number of alkyl carbamates (subject to hydrolysis) is 2. The van der Waals surface area contributed by atoms with Crippen LogP contribution in [0, 0.1) is 5.92 Å². The van der Waals surface area contributed by atoms with Gasteiger partial charge in [-0.2, -0.15) is 0 Å². The van der Waals surface area contributed by atoms with E-state index in [0.29, 0.717) is 24.3 Å². The van der Waals surface area contributed by atoms with E-state index in [0.717, 1.165) is 22.3 Å². The van der Waals surface area contributed by atoms with Gasteiger partial charge >= 0.3 is 12.2 Å². The third kappa shape index (κ3) is 9.15. The Morgan fingerprint density at radius 2 is 1.02 bits per heavy atom. The standard InChI is InChI=1S/C36H36N2O5S/c39-35(41-24-28-17-9-3-10-18-28)37-31(21-26-13-5-1-6-14-26)30-23-33(44)43-34(30)32(22-27-15-7-2-8-16-27)38-36(40)42-25-29-19-11-4-12-20-29/h1-20,30-32,34H,21-25H2,(H,37,39)(H,38,40)/t30-,31+,32+,34+/m0/s1. The molecule has 0 aromatic heterocycles. The first-order chi connectivity index (χ1) is 21.5. The maximum atomic E-state index is 13.1. The zero-order chi connectivity index (χ0) is 30.6. The summed E-state index contributed by atoms with van der Waals surface area (Å²) in [6, 6.07) is 38.0. The average molecular weight is 609 g/mol. The van der Waals surface area contributed by atoms with E-state index in [1.54, 1.807) is 0 Å². The first-order valence-corrected chi connectivity index (χ1v) is 15.2. The van der Waals surface area contributed by atoms with Gasteiger partial charge in [-0.05, 0) is 47.3 Å². The van der Waals surface area contributed by atoms with E-state index in [4.69, 9.17) is 26.4 Å². The number of hydrogen-bond acceptors (Lipinski definition) is 6. The van der Waals surface area contributed by atoms with Crippen LogP contribution in [0.4, 0.5) is 9.59 Å². The normalized spacial score (nSPS) is 17.1. The Hall–Kier alpha value is -4.69. The van der Waals surface area contributed by atoms with Crippen molar-refractivity contribution in [3.05, 3.63) is 144 Å². The minimum absolute atomic E-state index is 0.142. The summed E-state index contributed by atoms with van der Waals surface area (Å²) in [5.74, 6) is -0.241. The molecular formula is C36H36N2O5S. The number of nitrogens with one attached hydrogen (secondary N) is 2. The minimum atomic E-state index is -0.551. The van der Waals surface area contributed by atoms with Crippen molar-refractivity contribution < 1.29 is 23.8 Å². The Bertz CT molecular complexity index is 1380. The Kier molecular flexibility index (Phi) is 11.0. The van der Waals surface area contributed by atoms with Crippen LogP contribution >= 0.6 is 12.2 Å². The van der Waals surface area contributed by atoms with Crippen LogP contribution in [0.2, 0.25) is 0 Å². The van der Waals surface area contributed by atoms with E-state index in [9.17, 15) is 9.59 Å². The molecule has 0 saturated carbocycles. The second kappa shape index (κ2) is 15.7. The molecule has 0 unspecified atom stereocenters. The molecule has 1 fully saturated rings. The van der Waals surface area contributed by atoms with Gasteiger partial charge in [0, 0.05) is 18.4 Å². The highest BCUT2D eigenvalue weighted by Gasteiger charge is 2.44. The molecule has 0 aliphatic carbocycles. The van der Waals surface area contributed by atoms with Gasteiger partial charge in [0.1, 0.15) is 19.3 Å². The molecule has 4 aromatic rings. The fraction of sp³-hybridized carbons (Fsp3) is 0.250. The second-order valence-electron chi connectivity index (χ2n) is 10.8. The number of thiocarbonyl (C=S) groups is 1. The second-order valence-corrected chi connectivity index (χ2v) is 11.3. The Morgan fingerprint density at radius 1 is 0.636 bits per heavy atom. The van der Waals surface area contributed by atoms with Crippen molar-refractivity contribution in [3.8, 4) is 0 Å². The van der Waals surface area contributed by atoms with Gasteiger partial charge in [-0.1, -0.05) is 121 Å². The minimum Gasteiger partial charge on any atom is -0.481 e. The van der Waals surface area contributed by atoms with E-state index >= 15 is 0 Å². The fourth-order valence-electron chi connectivity index (χ4n) is 5.47. The maximum Gasteiger partial charge on any atom is 0.407 e. The topological polar surface area (TPSA) is 85.9 Å². The van der Waals surface area contributed by atoms with Gasteiger partial charge in [-0.3, -0.25) is 0 Å². The SMILES string of the molecule is O=C(N[C@H](Cc1ccccc1)[C@@H]1CC(=S)O[C@H]1[C@@H](Cc1ccccc1)NC(=O)OCc1ccccc1)OCc1ccccc1. The summed E-state index contributed by atoms with van der Waals surface area (Å²) in [5.41, 5.74) is 3.86. The van der Waals surface area contributed by atoms with Gasteiger partial charge < -0.3 is 24.8 Å². The van der Waals surface area contributed by atoms with Crippen LogP contribution in [0.25, 0.3) is 0 Å². The summed E-state index contributed by atoms with van der Waals surface area (Å²) in [7, 11) is 0. The van der Waals surface area contributed by atoms with Crippen LogP contribution in [0.1, 0.15) is 28.7 Å². The summed E-state index contributed by atoms with van der Waals surface area (Å²) < 4.78 is 17.5. The van der Waals surface area contributed by atoms with E-state index in [2.05, 4.69) is 10.6 Å². The molecule has 2 N–H and O–H groups in total. The number of ether oxygens (including phenoxy) is 3. The first kappa shape index (κ1) is 30.8. The van der Waals surface area contributed by atoms with Crippen molar-refractivity contribution in [1.82, 2.24) is 10.6 Å². The lowest BCUT2D eigenvalue weighted by Crippen LogP contribution is -2.53. The Labute approximate surface area is 263 Å². The van der Waals surface area contributed by atoms with Crippen LogP contribution in [0.15, 0.2) is 121 Å². The molecule has 0 bridgehead atoms. The highest BCUT2D eigenvalue weighted by atomic mass is 32.1. The average Bonchev–Trinajstić information content (AvgIpc) is 3.45. The molecule has 4 aromatic carbocycles. The van der Waals surface area contributed by atoms with Crippen molar-refractivity contribution >= 4 is 29.5 Å². The van der Waals surface area contributed by atoms with Crippen LogP contribution in [-0.2, 0) is 40.3 Å². The number of hydrogen-bond donors (Lipinski definition) is 2. The van der Waals surface area contributed by atoms with Crippen molar-refractivity contribution in [2.45, 2.75) is 50.7 Å². The molecule has 7 nitrogen and oxygen atoms in total. The molecule has 8 heteroatoms. The lowest BCUT2D eigenvalue weighted by molar-refractivity contribution is 0.0848. The third-order valence-corrected chi connectivity index (χ3v) is 7.90. The number of amides is 2. The van der Waals surface area contributed by atoms with Crippen LogP contribution < -0.4 is 10.6 Å². The third-order valence-electron chi connectivity index (χ3n) is 7.63. The molecule has 0 spiro atoms. The lowest BCUT2D eigenvalue weighted by atomic mass is 9.83. The summed E-state index contributed by atoms with van der Waals surface area (Å²) >= 11 is 5.59. The largest absolute Gasteiger partial charge is 0.481 e. The molecule has 1 heterocycles. The molecule has 1 saturated heterocycles. The fourth-order valence-corrected chi connectivity index (χ4v) is 5.78. The maximum absolute atomic E-state index is 13.1. The summed E-state index contributed by atoms with van der Waals surface area (Å²) in [6.07, 6.45) is -0.129. The predicted molar refractivity (Wildman–Crippen MR) is 173 cm³/mol. The van der Waals surface area contributed by atoms with Gasteiger partial charge in [0.15, 0.2) is 5.05 Å². The van der Waals surface area contributed by atoms with Crippen molar-refractivity contribution in [2.75, 3.05) is 0 Å². The molecule has 226 valence electrons. The van der Waals surface area contributed by atoms with Gasteiger partial charge in [0.2, 0.25) is 0 Å². The predicted octanol–water partition coefficient (Wildman–Crippen LogP) is 6.79. The van der Waals surface area contributed by atoms with Gasteiger partial charge in [0.25, 0.3) is 0 Å². The summed E-state index contributed by atoms with van der Waals surface area (Å²) in [4.78, 5) is 26.2. The molecule has 1 aliphatic rings. The van der Waals surface area contributed by atoms with E-state index in [1.807, 2.05) is 121 Å². The van der Waals surface area contributed by atoms with E-state index in [1.165, 1.54) is 0 Å². The molecule has 2 amide bonds. The number of rotatable bonds is 12. The summed E-state index contributed by atoms with van der Waals surface area (Å²) in [6.45, 7) is 0.294. The molecule has 4 atom stereocenters. The molecule has 44 heavy (non-hydrogen) atoms. The van der Waals surface area contributed by atoms with Gasteiger partial charge in [-0.25, -0.2) is 9.59 Å². The Balaban J connectivity index is 1.36. The Morgan fingerprint density at radius 3 is 1.48 bits per heavy atom. The smallest absolute Gasteiger partial charge is 0.407 e. The first-order valence-electron chi connectivity index (χ1n) is 14.8. The van der Waals surface area contributed by atoms with Gasteiger partial charge in [-0.15, -0.1) is 0 Å². The van der Waals surface area contributed by atoms with Crippen LogP contribution in [0.5, 0.6) is 0 Å². The summed E-state index contributed by atoms with van der Waals surface area (Å²) in [5, 5.41) is 6.60. The molecular weight excluding hydrogens is 572 g/mol. The van der Waals surface area contributed by atoms with Crippen molar-refractivity contribution in [1.29, 1.82) is 0 Å². The van der Waals surface area contributed by atoms with Crippen molar-refractivity contribution in [3.63, 3.8) is 0 Å². The van der Waals surface area contributed by atoms with E-state index in [-0.39, 0.29) is 25.2 Å². The quantitative estimate of drug-likeness (QED) is 0.172. The highest BCUT2D eigenvalue weighted by molar-refractivity contribution is 7.80. The van der Waals surface area contributed by atoms with E-state index < -0.39 is 24.3 Å². The zero-order valence-electron chi connectivity index (χ0n) is 24.3. The van der Waals surface area contributed by atoms with Gasteiger partial charge in [0.05, 0.1) is 6.04 Å². The zero-order valence-corrected chi connectivity index (χ0v) is 25.2. The number of carbonyl (C=O) groups is 2. The number of carbonyl (C=O) groups excluding carboxylic acids is 2. The van der Waals surface area contributed by atoms with Crippen LogP contribution in [-0.4, -0.2) is 35.4 Å².